The van der Waals surface area contributed by atoms with Gasteiger partial charge in [0.2, 0.25) is 0 Å². The Bertz CT molecular complexity index is 20.8. The summed E-state index contributed by atoms with van der Waals surface area (Å²) in [5.41, 5.74) is 0. The Balaban J connectivity index is 2.34. The van der Waals surface area contributed by atoms with Crippen LogP contribution in [0.5, 0.6) is 0 Å². The fraction of sp³-hybridized carbons (Fsp3) is 1.00. The monoisotopic (exact) mass is 108 g/mol. The van der Waals surface area contributed by atoms with Gasteiger partial charge in [0.25, 0.3) is 0 Å². The number of thiol groups is 1. The van der Waals surface area contributed by atoms with Crippen molar-refractivity contribution in [1.82, 2.24) is 0 Å². The minimum Gasteiger partial charge on any atom is -0.225 e. The van der Waals surface area contributed by atoms with Gasteiger partial charge >= 0.3 is 0 Å². The lowest BCUT2D eigenvalue weighted by Crippen LogP contribution is -1.84. The standard InChI is InChI=1S/C3H8O2S/c1-2-3-4-5-6/h6H,2-3H2,1H3. The molecule has 38 valence electrons. The average molecular weight is 108 g/mol. The second-order valence-corrected chi connectivity index (χ2v) is 1.05. The minimum atomic E-state index is 0.615. The predicted octanol–water partition coefficient (Wildman–Crippen LogP) is 1.19. The average Bonchev–Trinajstić information content (AvgIpc) is 1.61. The molecule has 0 amide bonds. The number of rotatable bonds is 3. The van der Waals surface area contributed by atoms with Gasteiger partial charge in [-0.25, -0.2) is 4.89 Å². The summed E-state index contributed by atoms with van der Waals surface area (Å²) in [4.78, 5) is 4.35. The largest absolute Gasteiger partial charge is 0.225 e. The van der Waals surface area contributed by atoms with E-state index in [-0.39, 0.29) is 0 Å². The SMILES string of the molecule is CCCOOS. The van der Waals surface area contributed by atoms with Crippen molar-refractivity contribution < 1.29 is 9.22 Å². The third-order valence-corrected chi connectivity index (χ3v) is 0.446. The molecule has 2 nitrogen and oxygen atoms in total. The minimum absolute atomic E-state index is 0.615. The highest BCUT2D eigenvalue weighted by molar-refractivity contribution is 7.74. The van der Waals surface area contributed by atoms with Gasteiger partial charge < -0.3 is 0 Å². The van der Waals surface area contributed by atoms with E-state index in [1.165, 1.54) is 0 Å². The van der Waals surface area contributed by atoms with Crippen LogP contribution in [0.1, 0.15) is 13.3 Å². The quantitative estimate of drug-likeness (QED) is 0.192. The third-order valence-electron chi connectivity index (χ3n) is 0.340. The predicted molar refractivity (Wildman–Crippen MR) is 26.3 cm³/mol. The van der Waals surface area contributed by atoms with E-state index in [0.29, 0.717) is 6.61 Å². The molecule has 0 spiro atoms. The molecule has 0 rings (SSSR count). The molecule has 0 radical (unpaired) electrons. The molecule has 0 fully saturated rings. The van der Waals surface area contributed by atoms with Crippen molar-refractivity contribution in [3.8, 4) is 0 Å². The normalized spacial score (nSPS) is 9.00. The first-order valence-electron chi connectivity index (χ1n) is 1.85. The van der Waals surface area contributed by atoms with Crippen LogP contribution in [0.4, 0.5) is 0 Å². The molecule has 0 unspecified atom stereocenters. The van der Waals surface area contributed by atoms with Crippen LogP contribution in [0.2, 0.25) is 0 Å². The molecule has 3 heteroatoms. The summed E-state index contributed by atoms with van der Waals surface area (Å²) in [5.74, 6) is 0. The molecule has 0 heterocycles. The summed E-state index contributed by atoms with van der Waals surface area (Å²) in [6.45, 7) is 2.61. The maximum atomic E-state index is 4.35. The lowest BCUT2D eigenvalue weighted by Gasteiger charge is -1.89. The van der Waals surface area contributed by atoms with Gasteiger partial charge in [-0.3, -0.25) is 0 Å². The smallest absolute Gasteiger partial charge is 0.0832 e. The zero-order chi connectivity index (χ0) is 4.83. The van der Waals surface area contributed by atoms with Gasteiger partial charge in [-0.1, -0.05) is 6.92 Å². The zero-order valence-corrected chi connectivity index (χ0v) is 4.57. The molecular formula is C3H8O2S. The van der Waals surface area contributed by atoms with Crippen LogP contribution in [-0.4, -0.2) is 6.61 Å². The fourth-order valence-corrected chi connectivity index (χ4v) is 0.195. The Morgan fingerprint density at radius 3 is 2.50 bits per heavy atom. The highest BCUT2D eigenvalue weighted by Crippen LogP contribution is 1.82. The second kappa shape index (κ2) is 5.27. The summed E-state index contributed by atoms with van der Waals surface area (Å²) in [7, 11) is 0. The summed E-state index contributed by atoms with van der Waals surface area (Å²) in [5, 5.41) is 0. The van der Waals surface area contributed by atoms with Crippen molar-refractivity contribution in [3.05, 3.63) is 0 Å². The van der Waals surface area contributed by atoms with Crippen molar-refractivity contribution in [2.45, 2.75) is 13.3 Å². The Kier molecular flexibility index (Phi) is 5.51. The maximum Gasteiger partial charge on any atom is 0.0832 e. The highest BCUT2D eigenvalue weighted by Gasteiger charge is 1.74. The van der Waals surface area contributed by atoms with E-state index in [9.17, 15) is 0 Å². The Labute approximate surface area is 43.0 Å². The van der Waals surface area contributed by atoms with Gasteiger partial charge in [0.15, 0.2) is 0 Å². The van der Waals surface area contributed by atoms with Crippen molar-refractivity contribution >= 4 is 12.9 Å². The van der Waals surface area contributed by atoms with Gasteiger partial charge in [0, 0.05) is 12.9 Å². The summed E-state index contributed by atoms with van der Waals surface area (Å²) < 4.78 is 3.98. The van der Waals surface area contributed by atoms with Crippen molar-refractivity contribution in [2.75, 3.05) is 6.61 Å². The fourth-order valence-electron chi connectivity index (χ4n) is 0.121. The molecule has 0 atom stereocenters. The van der Waals surface area contributed by atoms with Crippen LogP contribution in [-0.2, 0) is 9.22 Å². The first-order valence-corrected chi connectivity index (χ1v) is 2.21. The second-order valence-electron chi connectivity index (χ2n) is 0.897. The van der Waals surface area contributed by atoms with Gasteiger partial charge in [-0.2, -0.15) is 4.33 Å². The van der Waals surface area contributed by atoms with E-state index in [0.717, 1.165) is 6.42 Å². The molecule has 0 saturated heterocycles. The number of hydrogen-bond donors (Lipinski definition) is 1. The van der Waals surface area contributed by atoms with Crippen molar-refractivity contribution in [3.63, 3.8) is 0 Å². The molecule has 0 aromatic rings. The Hall–Kier alpha value is 0.270. The van der Waals surface area contributed by atoms with E-state index in [1.807, 2.05) is 6.92 Å². The zero-order valence-electron chi connectivity index (χ0n) is 3.68. The first kappa shape index (κ1) is 6.27. The molecule has 0 N–H and O–H groups in total. The molecule has 0 aromatic carbocycles. The Morgan fingerprint density at radius 2 is 2.33 bits per heavy atom. The van der Waals surface area contributed by atoms with E-state index < -0.39 is 0 Å². The van der Waals surface area contributed by atoms with Gasteiger partial charge in [-0.15, -0.1) is 0 Å². The number of hydrogen-bond acceptors (Lipinski definition) is 3. The van der Waals surface area contributed by atoms with Crippen LogP contribution < -0.4 is 0 Å². The summed E-state index contributed by atoms with van der Waals surface area (Å²) in [6, 6.07) is 0. The lowest BCUT2D eigenvalue weighted by atomic mass is 10.5. The third kappa shape index (κ3) is 4.27. The van der Waals surface area contributed by atoms with Gasteiger partial charge in [0.05, 0.1) is 6.61 Å². The highest BCUT2D eigenvalue weighted by atomic mass is 32.1. The van der Waals surface area contributed by atoms with E-state index in [1.54, 1.807) is 0 Å². The Morgan fingerprint density at radius 1 is 1.67 bits per heavy atom. The summed E-state index contributed by atoms with van der Waals surface area (Å²) in [6.07, 6.45) is 0.959. The molecule has 0 saturated carbocycles. The van der Waals surface area contributed by atoms with E-state index in [4.69, 9.17) is 0 Å². The molecule has 0 aromatic heterocycles. The van der Waals surface area contributed by atoms with E-state index in [2.05, 4.69) is 22.1 Å². The lowest BCUT2D eigenvalue weighted by molar-refractivity contribution is -0.187. The van der Waals surface area contributed by atoms with Crippen molar-refractivity contribution in [1.29, 1.82) is 0 Å². The molecule has 0 aliphatic heterocycles. The topological polar surface area (TPSA) is 18.5 Å². The van der Waals surface area contributed by atoms with Crippen molar-refractivity contribution in [2.24, 2.45) is 0 Å². The van der Waals surface area contributed by atoms with Crippen LogP contribution in [0, 0.1) is 0 Å². The summed E-state index contributed by atoms with van der Waals surface area (Å²) >= 11 is 3.33. The molecule has 0 aliphatic carbocycles. The maximum absolute atomic E-state index is 4.35. The van der Waals surface area contributed by atoms with Gasteiger partial charge in [-0.05, 0) is 6.42 Å². The molecule has 0 bridgehead atoms. The van der Waals surface area contributed by atoms with Gasteiger partial charge in [0.1, 0.15) is 0 Å². The molecular weight excluding hydrogens is 100 g/mol. The van der Waals surface area contributed by atoms with E-state index >= 15 is 0 Å². The molecule has 0 aliphatic rings. The van der Waals surface area contributed by atoms with Crippen LogP contribution in [0.25, 0.3) is 0 Å². The van der Waals surface area contributed by atoms with Crippen LogP contribution >= 0.6 is 12.9 Å². The first-order chi connectivity index (χ1) is 2.91. The molecule has 6 heavy (non-hydrogen) atoms. The van der Waals surface area contributed by atoms with Crippen LogP contribution in [0.15, 0.2) is 0 Å². The van der Waals surface area contributed by atoms with Crippen LogP contribution in [0.3, 0.4) is 0 Å².